The average molecular weight is 353 g/mol. The highest BCUT2D eigenvalue weighted by Gasteiger charge is 2.08. The van der Waals surface area contributed by atoms with Gasteiger partial charge in [0.15, 0.2) is 0 Å². The van der Waals surface area contributed by atoms with E-state index in [1.807, 2.05) is 6.07 Å². The van der Waals surface area contributed by atoms with E-state index >= 15 is 0 Å². The van der Waals surface area contributed by atoms with Crippen LogP contribution >= 0.6 is 11.6 Å². The SMILES string of the molecule is COc1ccc(CCC(=O)NCc2cn(CC(=O)O)nn2)cc1Cl. The minimum atomic E-state index is -1.01. The molecule has 0 saturated heterocycles. The molecule has 0 spiro atoms. The van der Waals surface area contributed by atoms with Crippen LogP contribution in [-0.4, -0.2) is 39.1 Å². The van der Waals surface area contributed by atoms with Gasteiger partial charge in [0.1, 0.15) is 18.0 Å². The lowest BCUT2D eigenvalue weighted by atomic mass is 10.1. The summed E-state index contributed by atoms with van der Waals surface area (Å²) in [7, 11) is 1.54. The first kappa shape index (κ1) is 17.7. The monoisotopic (exact) mass is 352 g/mol. The standard InChI is InChI=1S/C15H17ClN4O4/c1-24-13-4-2-10(6-12(13)16)3-5-14(21)17-7-11-8-20(19-18-11)9-15(22)23/h2,4,6,8H,3,5,7,9H2,1H3,(H,17,21)(H,22,23). The number of carboxylic acids is 1. The number of carboxylic acid groups (broad SMARTS) is 1. The van der Waals surface area contributed by atoms with Crippen LogP contribution in [0, 0.1) is 0 Å². The fourth-order valence-corrected chi connectivity index (χ4v) is 2.32. The maximum atomic E-state index is 11.9. The zero-order valence-corrected chi connectivity index (χ0v) is 13.8. The van der Waals surface area contributed by atoms with Gasteiger partial charge in [0.25, 0.3) is 0 Å². The first-order valence-electron chi connectivity index (χ1n) is 7.18. The predicted octanol–water partition coefficient (Wildman–Crippen LogP) is 1.27. The maximum Gasteiger partial charge on any atom is 0.325 e. The van der Waals surface area contributed by atoms with Crippen molar-refractivity contribution in [3.63, 3.8) is 0 Å². The zero-order chi connectivity index (χ0) is 17.5. The van der Waals surface area contributed by atoms with Gasteiger partial charge in [0.05, 0.1) is 24.9 Å². The lowest BCUT2D eigenvalue weighted by Crippen LogP contribution is -2.23. The van der Waals surface area contributed by atoms with Gasteiger partial charge < -0.3 is 15.2 Å². The Balaban J connectivity index is 1.78. The lowest BCUT2D eigenvalue weighted by Gasteiger charge is -2.06. The Hall–Kier alpha value is -2.61. The molecule has 2 aromatic rings. The summed E-state index contributed by atoms with van der Waals surface area (Å²) in [6.45, 7) is -0.0685. The number of carbonyl (C=O) groups is 2. The number of rotatable bonds is 8. The smallest absolute Gasteiger partial charge is 0.325 e. The number of hydrogen-bond acceptors (Lipinski definition) is 5. The van der Waals surface area contributed by atoms with E-state index in [1.54, 1.807) is 19.2 Å². The number of aromatic nitrogens is 3. The molecule has 1 amide bonds. The number of methoxy groups -OCH3 is 1. The molecule has 8 nitrogen and oxygen atoms in total. The van der Waals surface area contributed by atoms with Crippen LogP contribution in [0.4, 0.5) is 0 Å². The van der Waals surface area contributed by atoms with Crippen molar-refractivity contribution in [3.8, 4) is 5.75 Å². The highest BCUT2D eigenvalue weighted by Crippen LogP contribution is 2.25. The topological polar surface area (TPSA) is 106 Å². The number of carbonyl (C=O) groups excluding carboxylic acids is 1. The Morgan fingerprint density at radius 3 is 2.88 bits per heavy atom. The number of benzene rings is 1. The molecule has 2 rings (SSSR count). The lowest BCUT2D eigenvalue weighted by molar-refractivity contribution is -0.138. The number of nitrogens with one attached hydrogen (secondary N) is 1. The van der Waals surface area contributed by atoms with Crippen molar-refractivity contribution in [2.45, 2.75) is 25.9 Å². The van der Waals surface area contributed by atoms with Crippen molar-refractivity contribution >= 4 is 23.5 Å². The Bertz CT molecular complexity index is 732. The maximum absolute atomic E-state index is 11.9. The zero-order valence-electron chi connectivity index (χ0n) is 13.0. The molecular weight excluding hydrogens is 336 g/mol. The molecule has 0 unspecified atom stereocenters. The van der Waals surface area contributed by atoms with E-state index in [2.05, 4.69) is 15.6 Å². The second kappa shape index (κ2) is 8.30. The van der Waals surface area contributed by atoms with Crippen LogP contribution in [0.1, 0.15) is 17.7 Å². The molecule has 0 aliphatic carbocycles. The molecule has 24 heavy (non-hydrogen) atoms. The summed E-state index contributed by atoms with van der Waals surface area (Å²) in [5.41, 5.74) is 1.43. The van der Waals surface area contributed by atoms with E-state index < -0.39 is 5.97 Å². The van der Waals surface area contributed by atoms with Gasteiger partial charge in [-0.2, -0.15) is 0 Å². The largest absolute Gasteiger partial charge is 0.495 e. The number of ether oxygens (including phenoxy) is 1. The molecule has 0 atom stereocenters. The third kappa shape index (κ3) is 5.24. The number of hydrogen-bond donors (Lipinski definition) is 2. The Kier molecular flexibility index (Phi) is 6.14. The molecule has 0 saturated carbocycles. The number of amides is 1. The molecule has 0 bridgehead atoms. The van der Waals surface area contributed by atoms with E-state index in [0.717, 1.165) is 5.56 Å². The van der Waals surface area contributed by atoms with Gasteiger partial charge in [-0.15, -0.1) is 5.10 Å². The first-order valence-corrected chi connectivity index (χ1v) is 7.55. The van der Waals surface area contributed by atoms with Crippen molar-refractivity contribution < 1.29 is 19.4 Å². The van der Waals surface area contributed by atoms with E-state index in [0.29, 0.717) is 29.3 Å². The highest BCUT2D eigenvalue weighted by atomic mass is 35.5. The minimum absolute atomic E-state index is 0.144. The molecule has 9 heteroatoms. The molecule has 1 heterocycles. The van der Waals surface area contributed by atoms with E-state index in [9.17, 15) is 9.59 Å². The fourth-order valence-electron chi connectivity index (χ4n) is 2.04. The minimum Gasteiger partial charge on any atom is -0.495 e. The highest BCUT2D eigenvalue weighted by molar-refractivity contribution is 6.32. The van der Waals surface area contributed by atoms with Crippen LogP contribution in [-0.2, 0) is 29.1 Å². The number of aliphatic carboxylic acids is 1. The molecule has 2 N–H and O–H groups in total. The molecule has 0 radical (unpaired) electrons. The van der Waals surface area contributed by atoms with E-state index in [1.165, 1.54) is 10.9 Å². The predicted molar refractivity (Wildman–Crippen MR) is 85.8 cm³/mol. The molecule has 128 valence electrons. The van der Waals surface area contributed by atoms with Gasteiger partial charge in [-0.05, 0) is 24.1 Å². The summed E-state index contributed by atoms with van der Waals surface area (Å²) >= 11 is 6.04. The van der Waals surface area contributed by atoms with Gasteiger partial charge in [-0.1, -0.05) is 22.9 Å². The summed E-state index contributed by atoms with van der Waals surface area (Å²) in [4.78, 5) is 22.4. The molecule has 0 aliphatic rings. The van der Waals surface area contributed by atoms with Gasteiger partial charge >= 0.3 is 5.97 Å². The van der Waals surface area contributed by atoms with Crippen LogP contribution < -0.4 is 10.1 Å². The summed E-state index contributed by atoms with van der Waals surface area (Å²) in [6, 6.07) is 5.39. The summed E-state index contributed by atoms with van der Waals surface area (Å²) in [5.74, 6) is -0.558. The van der Waals surface area contributed by atoms with Crippen LogP contribution in [0.3, 0.4) is 0 Å². The second-order valence-corrected chi connectivity index (χ2v) is 5.45. The van der Waals surface area contributed by atoms with Gasteiger partial charge in [-0.3, -0.25) is 9.59 Å². The van der Waals surface area contributed by atoms with Crippen molar-refractivity contribution in [1.29, 1.82) is 0 Å². The summed E-state index contributed by atoms with van der Waals surface area (Å²) in [6.07, 6.45) is 2.32. The van der Waals surface area contributed by atoms with E-state index in [-0.39, 0.29) is 19.0 Å². The third-order valence-corrected chi connectivity index (χ3v) is 3.50. The Morgan fingerprint density at radius 2 is 2.21 bits per heavy atom. The van der Waals surface area contributed by atoms with Crippen LogP contribution in [0.5, 0.6) is 5.75 Å². The van der Waals surface area contributed by atoms with Crippen molar-refractivity contribution in [2.24, 2.45) is 0 Å². The van der Waals surface area contributed by atoms with Crippen LogP contribution in [0.15, 0.2) is 24.4 Å². The molecular formula is C15H17ClN4O4. The second-order valence-electron chi connectivity index (χ2n) is 5.05. The van der Waals surface area contributed by atoms with Crippen LogP contribution in [0.25, 0.3) is 0 Å². The van der Waals surface area contributed by atoms with Gasteiger partial charge in [-0.25, -0.2) is 4.68 Å². The van der Waals surface area contributed by atoms with E-state index in [4.69, 9.17) is 21.4 Å². The van der Waals surface area contributed by atoms with Crippen LogP contribution in [0.2, 0.25) is 5.02 Å². The molecule has 1 aromatic heterocycles. The quantitative estimate of drug-likeness (QED) is 0.741. The summed E-state index contributed by atoms with van der Waals surface area (Å²) < 4.78 is 6.27. The Labute approximate surface area is 143 Å². The number of halogens is 1. The van der Waals surface area contributed by atoms with Crippen molar-refractivity contribution in [1.82, 2.24) is 20.3 Å². The number of nitrogens with zero attached hydrogens (tertiary/aromatic N) is 3. The van der Waals surface area contributed by atoms with Crippen molar-refractivity contribution in [3.05, 3.63) is 40.7 Å². The summed E-state index contributed by atoms with van der Waals surface area (Å²) in [5, 5.41) is 19.3. The Morgan fingerprint density at radius 1 is 1.42 bits per heavy atom. The first-order chi connectivity index (χ1) is 11.5. The normalized spacial score (nSPS) is 10.4. The number of aryl methyl sites for hydroxylation is 1. The molecule has 0 aliphatic heterocycles. The molecule has 1 aromatic carbocycles. The molecule has 0 fully saturated rings. The van der Waals surface area contributed by atoms with Crippen molar-refractivity contribution in [2.75, 3.05) is 7.11 Å². The van der Waals surface area contributed by atoms with Gasteiger partial charge in [0, 0.05) is 6.42 Å². The van der Waals surface area contributed by atoms with Gasteiger partial charge in [0.2, 0.25) is 5.91 Å². The fraction of sp³-hybridized carbons (Fsp3) is 0.333. The third-order valence-electron chi connectivity index (χ3n) is 3.21. The average Bonchev–Trinajstić information content (AvgIpc) is 2.97.